The predicted octanol–water partition coefficient (Wildman–Crippen LogP) is 6.65. The summed E-state index contributed by atoms with van der Waals surface area (Å²) < 4.78 is 16.4. The molecule has 6 nitrogen and oxygen atoms in total. The molecule has 1 fully saturated rings. The third-order valence-corrected chi connectivity index (χ3v) is 6.96. The van der Waals surface area contributed by atoms with Gasteiger partial charge in [-0.3, -0.25) is 9.69 Å². The summed E-state index contributed by atoms with van der Waals surface area (Å²) in [4.78, 5) is 21.1. The molecule has 1 aliphatic rings. The molecule has 0 atom stereocenters. The molecule has 0 aliphatic carbocycles. The molecule has 0 unspecified atom stereocenters. The van der Waals surface area contributed by atoms with Crippen LogP contribution in [0.2, 0.25) is 0 Å². The number of carbonyl (C=O) groups excluding carboxylic acids is 1. The van der Waals surface area contributed by atoms with Gasteiger partial charge in [-0.15, -0.1) is 0 Å². The fraction of sp³-hybridized carbons (Fsp3) is 0.241. The fourth-order valence-corrected chi connectivity index (χ4v) is 5.13. The fourth-order valence-electron chi connectivity index (χ4n) is 4.15. The zero-order chi connectivity index (χ0) is 25.7. The van der Waals surface area contributed by atoms with Gasteiger partial charge in [-0.1, -0.05) is 50.2 Å². The van der Waals surface area contributed by atoms with Crippen LogP contribution in [0.25, 0.3) is 6.08 Å². The van der Waals surface area contributed by atoms with Crippen molar-refractivity contribution in [3.05, 3.63) is 82.3 Å². The van der Waals surface area contributed by atoms with Crippen molar-refractivity contribution in [3.63, 3.8) is 0 Å². The molecule has 0 spiro atoms. The summed E-state index contributed by atoms with van der Waals surface area (Å²) in [6, 6.07) is 19.7. The van der Waals surface area contributed by atoms with Gasteiger partial charge in [-0.2, -0.15) is 0 Å². The van der Waals surface area contributed by atoms with E-state index in [1.54, 1.807) is 26.2 Å². The van der Waals surface area contributed by atoms with Crippen molar-refractivity contribution in [2.45, 2.75) is 26.7 Å². The lowest BCUT2D eigenvalue weighted by atomic mass is 10.1. The first-order chi connectivity index (χ1) is 17.5. The molecule has 1 saturated heterocycles. The lowest BCUT2D eigenvalue weighted by Crippen LogP contribution is -2.29. The van der Waals surface area contributed by atoms with Gasteiger partial charge in [0, 0.05) is 0 Å². The Bertz CT molecular complexity index is 1310. The first kappa shape index (κ1) is 25.4. The van der Waals surface area contributed by atoms with Crippen molar-refractivity contribution >= 4 is 40.3 Å². The van der Waals surface area contributed by atoms with E-state index in [2.05, 4.69) is 19.9 Å². The molecule has 3 aromatic carbocycles. The second kappa shape index (κ2) is 11.4. The summed E-state index contributed by atoms with van der Waals surface area (Å²) in [5.41, 5.74) is 4.68. The van der Waals surface area contributed by atoms with Crippen LogP contribution >= 0.6 is 11.8 Å². The highest BCUT2D eigenvalue weighted by molar-refractivity contribution is 8.19. The molecule has 7 heteroatoms. The zero-order valence-corrected chi connectivity index (χ0v) is 22.0. The quantitative estimate of drug-likeness (QED) is 0.323. The number of ether oxygens (including phenoxy) is 3. The Morgan fingerprint density at radius 1 is 0.861 bits per heavy atom. The van der Waals surface area contributed by atoms with Gasteiger partial charge in [-0.05, 0) is 71.6 Å². The highest BCUT2D eigenvalue weighted by Crippen LogP contribution is 2.42. The van der Waals surface area contributed by atoms with Gasteiger partial charge in [0.15, 0.2) is 16.7 Å². The Hall–Kier alpha value is -3.71. The third-order valence-electron chi connectivity index (χ3n) is 5.99. The van der Waals surface area contributed by atoms with Crippen molar-refractivity contribution in [1.82, 2.24) is 0 Å². The summed E-state index contributed by atoms with van der Waals surface area (Å²) >= 11 is 1.36. The SMILES string of the molecule is CCc1ccccc1N=C1SC(=Cc2cc(OC)c(OC)c(OC)c2)C(=O)N1c1ccccc1CC. The number of aliphatic imine (C=N–C) groups is 1. The minimum Gasteiger partial charge on any atom is -0.493 e. The van der Waals surface area contributed by atoms with Crippen molar-refractivity contribution in [1.29, 1.82) is 0 Å². The highest BCUT2D eigenvalue weighted by atomic mass is 32.2. The van der Waals surface area contributed by atoms with Gasteiger partial charge in [0.2, 0.25) is 5.75 Å². The molecule has 36 heavy (non-hydrogen) atoms. The third kappa shape index (κ3) is 4.97. The minimum absolute atomic E-state index is 0.123. The van der Waals surface area contributed by atoms with Gasteiger partial charge in [0.05, 0.1) is 37.6 Å². The summed E-state index contributed by atoms with van der Waals surface area (Å²) in [6.07, 6.45) is 3.49. The van der Waals surface area contributed by atoms with Crippen LogP contribution in [0.1, 0.15) is 30.5 Å². The normalized spacial score (nSPS) is 15.6. The number of hydrogen-bond acceptors (Lipinski definition) is 6. The average Bonchev–Trinajstić information content (AvgIpc) is 3.21. The second-order valence-electron chi connectivity index (χ2n) is 8.07. The number of thioether (sulfide) groups is 1. The number of hydrogen-bond donors (Lipinski definition) is 0. The van der Waals surface area contributed by atoms with E-state index in [1.165, 1.54) is 11.8 Å². The van der Waals surface area contributed by atoms with Gasteiger partial charge < -0.3 is 14.2 Å². The number of anilines is 1. The Labute approximate surface area is 216 Å². The molecule has 1 heterocycles. The number of para-hydroxylation sites is 2. The first-order valence-electron chi connectivity index (χ1n) is 11.8. The maximum atomic E-state index is 13.8. The van der Waals surface area contributed by atoms with Gasteiger partial charge in [0.25, 0.3) is 5.91 Å². The minimum atomic E-state index is -0.123. The van der Waals surface area contributed by atoms with Crippen molar-refractivity contribution in [2.75, 3.05) is 26.2 Å². The van der Waals surface area contributed by atoms with E-state index in [4.69, 9.17) is 19.2 Å². The van der Waals surface area contributed by atoms with Crippen LogP contribution in [0.15, 0.2) is 70.6 Å². The smallest absolute Gasteiger partial charge is 0.271 e. The summed E-state index contributed by atoms with van der Waals surface area (Å²) in [7, 11) is 4.71. The van der Waals surface area contributed by atoms with Crippen LogP contribution in [-0.2, 0) is 17.6 Å². The number of aryl methyl sites for hydroxylation is 2. The van der Waals surface area contributed by atoms with E-state index in [0.717, 1.165) is 40.9 Å². The molecule has 0 aromatic heterocycles. The van der Waals surface area contributed by atoms with E-state index in [-0.39, 0.29) is 5.91 Å². The van der Waals surface area contributed by atoms with Gasteiger partial charge >= 0.3 is 0 Å². The van der Waals surface area contributed by atoms with Crippen LogP contribution in [-0.4, -0.2) is 32.4 Å². The molecule has 0 N–H and O–H groups in total. The topological polar surface area (TPSA) is 60.4 Å². The summed E-state index contributed by atoms with van der Waals surface area (Å²) in [6.45, 7) is 4.19. The van der Waals surface area contributed by atoms with Crippen LogP contribution in [0.4, 0.5) is 11.4 Å². The van der Waals surface area contributed by atoms with E-state index in [0.29, 0.717) is 27.3 Å². The lowest BCUT2D eigenvalue weighted by Gasteiger charge is -2.19. The molecule has 1 amide bonds. The Balaban J connectivity index is 1.85. The highest BCUT2D eigenvalue weighted by Gasteiger charge is 2.36. The number of rotatable bonds is 8. The number of amidine groups is 1. The van der Waals surface area contributed by atoms with Crippen LogP contribution < -0.4 is 19.1 Å². The Kier molecular flexibility index (Phi) is 8.00. The maximum absolute atomic E-state index is 13.8. The monoisotopic (exact) mass is 502 g/mol. The number of benzene rings is 3. The Morgan fingerprint density at radius 2 is 1.47 bits per heavy atom. The number of amides is 1. The maximum Gasteiger partial charge on any atom is 0.271 e. The predicted molar refractivity (Wildman–Crippen MR) is 148 cm³/mol. The molecule has 186 valence electrons. The van der Waals surface area contributed by atoms with Crippen LogP contribution in [0.3, 0.4) is 0 Å². The average molecular weight is 503 g/mol. The van der Waals surface area contributed by atoms with Gasteiger partial charge in [-0.25, -0.2) is 4.99 Å². The Morgan fingerprint density at radius 3 is 2.08 bits per heavy atom. The summed E-state index contributed by atoms with van der Waals surface area (Å²) in [5, 5.41) is 0.625. The van der Waals surface area contributed by atoms with Crippen molar-refractivity contribution in [2.24, 2.45) is 4.99 Å². The molecule has 3 aromatic rings. The largest absolute Gasteiger partial charge is 0.493 e. The first-order valence-corrected chi connectivity index (χ1v) is 12.6. The number of carbonyl (C=O) groups is 1. The second-order valence-corrected chi connectivity index (χ2v) is 9.08. The van der Waals surface area contributed by atoms with E-state index in [9.17, 15) is 4.79 Å². The molecular weight excluding hydrogens is 472 g/mol. The van der Waals surface area contributed by atoms with E-state index >= 15 is 0 Å². The molecule has 4 rings (SSSR count). The van der Waals surface area contributed by atoms with Crippen molar-refractivity contribution in [3.8, 4) is 17.2 Å². The molecule has 0 bridgehead atoms. The van der Waals surface area contributed by atoms with E-state index in [1.807, 2.05) is 60.7 Å². The number of methoxy groups -OCH3 is 3. The molecule has 0 saturated carbocycles. The zero-order valence-electron chi connectivity index (χ0n) is 21.2. The van der Waals surface area contributed by atoms with E-state index < -0.39 is 0 Å². The van der Waals surface area contributed by atoms with Gasteiger partial charge in [0.1, 0.15) is 0 Å². The number of nitrogens with zero attached hydrogens (tertiary/aromatic N) is 2. The lowest BCUT2D eigenvalue weighted by molar-refractivity contribution is -0.113. The van der Waals surface area contributed by atoms with Crippen LogP contribution in [0, 0.1) is 0 Å². The standard InChI is InChI=1S/C29H30N2O4S/c1-6-20-12-8-10-14-22(20)30-29-31(23-15-11-9-13-21(23)7-2)28(32)26(36-29)18-19-16-24(33-3)27(35-5)25(17-19)34-4/h8-18H,6-7H2,1-5H3. The van der Waals surface area contributed by atoms with Crippen molar-refractivity contribution < 1.29 is 19.0 Å². The molecule has 0 radical (unpaired) electrons. The molecular formula is C29H30N2O4S. The summed E-state index contributed by atoms with van der Waals surface area (Å²) in [5.74, 6) is 1.43. The molecule has 1 aliphatic heterocycles. The van der Waals surface area contributed by atoms with Crippen LogP contribution in [0.5, 0.6) is 17.2 Å².